The molecule has 0 aromatic heterocycles. The fourth-order valence-electron chi connectivity index (χ4n) is 5.81. The van der Waals surface area contributed by atoms with E-state index in [-0.39, 0.29) is 43.2 Å². The Bertz CT molecular complexity index is 1190. The van der Waals surface area contributed by atoms with E-state index in [1.807, 2.05) is 52.8 Å². The second kappa shape index (κ2) is 19.6. The van der Waals surface area contributed by atoms with Crippen molar-refractivity contribution >= 4 is 23.1 Å². The largest absolute Gasteiger partial charge is 0.298 e. The first-order chi connectivity index (χ1) is 21.0. The lowest BCUT2D eigenvalue weighted by atomic mass is 9.58. The van der Waals surface area contributed by atoms with Gasteiger partial charge in [-0.25, -0.2) is 0 Å². The third-order valence-electron chi connectivity index (χ3n) is 8.66. The van der Waals surface area contributed by atoms with Gasteiger partial charge < -0.3 is 0 Å². The van der Waals surface area contributed by atoms with Crippen LogP contribution in [0, 0.1) is 23.2 Å². The summed E-state index contributed by atoms with van der Waals surface area (Å²) in [7, 11) is 0. The molecule has 4 heteroatoms. The molecule has 2 unspecified atom stereocenters. The van der Waals surface area contributed by atoms with E-state index in [9.17, 15) is 19.2 Å². The SMILES string of the molecule is CC(C)=CCCC(C)=CCC1C(=O)C(C(=O)CC(C)C)C(=O)C(CC=C(C)CCC=C(C)C)(CC=C(C)CCC=C(C)C)C1=O. The molecule has 1 rings (SSSR count). The summed E-state index contributed by atoms with van der Waals surface area (Å²) < 4.78 is 0. The lowest BCUT2D eigenvalue weighted by molar-refractivity contribution is -0.158. The lowest BCUT2D eigenvalue weighted by Crippen LogP contribution is -2.57. The second-order valence-corrected chi connectivity index (χ2v) is 14.5. The predicted molar refractivity (Wildman–Crippen MR) is 190 cm³/mol. The molecule has 45 heavy (non-hydrogen) atoms. The van der Waals surface area contributed by atoms with Gasteiger partial charge in [0.15, 0.2) is 23.1 Å². The van der Waals surface area contributed by atoms with Gasteiger partial charge in [-0.3, -0.25) is 19.2 Å². The Morgan fingerprint density at radius 2 is 1.02 bits per heavy atom. The van der Waals surface area contributed by atoms with E-state index in [0.717, 1.165) is 55.2 Å². The molecule has 2 atom stereocenters. The number of hydrogen-bond acceptors (Lipinski definition) is 4. The molecule has 1 saturated carbocycles. The third kappa shape index (κ3) is 13.6. The van der Waals surface area contributed by atoms with Gasteiger partial charge in [0.2, 0.25) is 0 Å². The van der Waals surface area contributed by atoms with Crippen LogP contribution in [0.4, 0.5) is 0 Å². The molecule has 0 spiro atoms. The highest BCUT2D eigenvalue weighted by molar-refractivity contribution is 6.34. The van der Waals surface area contributed by atoms with Crippen molar-refractivity contribution in [3.05, 3.63) is 69.9 Å². The zero-order valence-corrected chi connectivity index (χ0v) is 30.4. The number of Topliss-reactive ketones (excluding diaryl/α,β-unsaturated/α-hetero) is 4. The van der Waals surface area contributed by atoms with Gasteiger partial charge in [0.1, 0.15) is 5.92 Å². The highest BCUT2D eigenvalue weighted by atomic mass is 16.2. The molecular formula is C41H62O4. The van der Waals surface area contributed by atoms with Gasteiger partial charge in [0.25, 0.3) is 0 Å². The standard InChI is InChI=1S/C41H62O4/c1-28(2)15-12-18-32(9)21-22-35-38(43)37(36(42)27-31(7)8)40(45)41(39(35)44,25-23-33(10)19-13-16-29(3)4)26-24-34(11)20-14-17-30(5)6/h15-17,21,23-24,31,35,37H,12-14,18-20,22,25-27H2,1-11H3. The normalized spacial score (nSPS) is 21.2. The lowest BCUT2D eigenvalue weighted by Gasteiger charge is -2.40. The number of rotatable bonds is 18. The van der Waals surface area contributed by atoms with Crippen LogP contribution in [0.2, 0.25) is 0 Å². The van der Waals surface area contributed by atoms with Gasteiger partial charge in [0.05, 0.1) is 11.3 Å². The molecule has 0 amide bonds. The monoisotopic (exact) mass is 618 g/mol. The van der Waals surface area contributed by atoms with Crippen LogP contribution in [0.5, 0.6) is 0 Å². The molecule has 0 heterocycles. The van der Waals surface area contributed by atoms with Crippen molar-refractivity contribution in [3.63, 3.8) is 0 Å². The molecule has 0 aromatic carbocycles. The van der Waals surface area contributed by atoms with Crippen molar-refractivity contribution in [2.45, 2.75) is 140 Å². The van der Waals surface area contributed by atoms with Crippen molar-refractivity contribution in [2.24, 2.45) is 23.2 Å². The predicted octanol–water partition coefficient (Wildman–Crippen LogP) is 10.8. The van der Waals surface area contributed by atoms with E-state index in [1.165, 1.54) is 16.7 Å². The average Bonchev–Trinajstić information content (AvgIpc) is 2.91. The topological polar surface area (TPSA) is 68.3 Å². The van der Waals surface area contributed by atoms with Crippen molar-refractivity contribution in [1.82, 2.24) is 0 Å². The van der Waals surface area contributed by atoms with E-state index in [0.29, 0.717) is 0 Å². The Morgan fingerprint density at radius 1 is 0.622 bits per heavy atom. The number of ketones is 4. The van der Waals surface area contributed by atoms with E-state index in [1.54, 1.807) is 0 Å². The zero-order valence-electron chi connectivity index (χ0n) is 30.4. The summed E-state index contributed by atoms with van der Waals surface area (Å²) in [4.78, 5) is 56.5. The molecule has 1 fully saturated rings. The number of hydrogen-bond donors (Lipinski definition) is 0. The average molecular weight is 619 g/mol. The molecule has 0 radical (unpaired) electrons. The van der Waals surface area contributed by atoms with Gasteiger partial charge in [-0.05, 0) is 126 Å². The molecule has 1 aliphatic rings. The Labute approximate surface area is 275 Å². The van der Waals surface area contributed by atoms with Crippen LogP contribution in [0.1, 0.15) is 140 Å². The van der Waals surface area contributed by atoms with Crippen LogP contribution >= 0.6 is 0 Å². The minimum atomic E-state index is -1.44. The summed E-state index contributed by atoms with van der Waals surface area (Å²) in [6.45, 7) is 22.4. The highest BCUT2D eigenvalue weighted by Gasteiger charge is 2.59. The van der Waals surface area contributed by atoms with Crippen LogP contribution in [0.25, 0.3) is 0 Å². The molecular weight excluding hydrogens is 556 g/mol. The fourth-order valence-corrected chi connectivity index (χ4v) is 5.81. The van der Waals surface area contributed by atoms with Crippen LogP contribution in [-0.4, -0.2) is 23.1 Å². The summed E-state index contributed by atoms with van der Waals surface area (Å²) in [6.07, 6.45) is 18.5. The van der Waals surface area contributed by atoms with Crippen LogP contribution in [-0.2, 0) is 19.2 Å². The molecule has 0 aliphatic heterocycles. The van der Waals surface area contributed by atoms with Gasteiger partial charge in [-0.2, -0.15) is 0 Å². The summed E-state index contributed by atoms with van der Waals surface area (Å²) in [5, 5.41) is 0. The highest BCUT2D eigenvalue weighted by Crippen LogP contribution is 2.44. The fraction of sp³-hybridized carbons (Fsp3) is 0.610. The zero-order chi connectivity index (χ0) is 34.3. The molecule has 0 aromatic rings. The van der Waals surface area contributed by atoms with Crippen molar-refractivity contribution in [1.29, 1.82) is 0 Å². The summed E-state index contributed by atoms with van der Waals surface area (Å²) in [5.74, 6) is -4.04. The molecule has 1 aliphatic carbocycles. The van der Waals surface area contributed by atoms with E-state index < -0.39 is 28.8 Å². The quantitative estimate of drug-likeness (QED) is 0.113. The Kier molecular flexibility index (Phi) is 17.5. The van der Waals surface area contributed by atoms with Crippen LogP contribution < -0.4 is 0 Å². The number of carbonyl (C=O) groups excluding carboxylic acids is 4. The van der Waals surface area contributed by atoms with Gasteiger partial charge in [0, 0.05) is 6.42 Å². The first-order valence-electron chi connectivity index (χ1n) is 17.0. The van der Waals surface area contributed by atoms with E-state index >= 15 is 0 Å². The molecule has 4 nitrogen and oxygen atoms in total. The number of carbonyl (C=O) groups is 4. The van der Waals surface area contributed by atoms with Crippen molar-refractivity contribution < 1.29 is 19.2 Å². The molecule has 0 bridgehead atoms. The van der Waals surface area contributed by atoms with E-state index in [2.05, 4.69) is 59.8 Å². The summed E-state index contributed by atoms with van der Waals surface area (Å²) in [6, 6.07) is 0. The van der Waals surface area contributed by atoms with Crippen LogP contribution in [0.3, 0.4) is 0 Å². The third-order valence-corrected chi connectivity index (χ3v) is 8.66. The van der Waals surface area contributed by atoms with Crippen molar-refractivity contribution in [2.75, 3.05) is 0 Å². The molecule has 250 valence electrons. The Morgan fingerprint density at radius 3 is 1.40 bits per heavy atom. The minimum Gasteiger partial charge on any atom is -0.298 e. The Hall–Kier alpha value is -2.88. The number of allylic oxidation sites excluding steroid dienone is 12. The molecule has 0 N–H and O–H groups in total. The first-order valence-corrected chi connectivity index (χ1v) is 17.0. The Balaban J connectivity index is 3.67. The summed E-state index contributed by atoms with van der Waals surface area (Å²) in [5.41, 5.74) is 5.63. The van der Waals surface area contributed by atoms with Crippen molar-refractivity contribution in [3.8, 4) is 0 Å². The first kappa shape index (κ1) is 40.1. The van der Waals surface area contributed by atoms with Gasteiger partial charge >= 0.3 is 0 Å². The maximum atomic E-state index is 14.5. The van der Waals surface area contributed by atoms with Gasteiger partial charge in [-0.1, -0.05) is 83.7 Å². The maximum absolute atomic E-state index is 14.5. The second-order valence-electron chi connectivity index (χ2n) is 14.5. The molecule has 0 saturated heterocycles. The summed E-state index contributed by atoms with van der Waals surface area (Å²) >= 11 is 0. The smallest absolute Gasteiger partial charge is 0.164 e. The minimum absolute atomic E-state index is 0.00947. The maximum Gasteiger partial charge on any atom is 0.164 e. The van der Waals surface area contributed by atoms with E-state index in [4.69, 9.17) is 0 Å². The van der Waals surface area contributed by atoms with Crippen LogP contribution in [0.15, 0.2) is 69.9 Å². The van der Waals surface area contributed by atoms with Gasteiger partial charge in [-0.15, -0.1) is 0 Å².